The Hall–Kier alpha value is -2.69. The number of likely N-dealkylation sites (tertiary alicyclic amines) is 1. The van der Waals surface area contributed by atoms with E-state index in [0.717, 1.165) is 77.0 Å². The Bertz CT molecular complexity index is 1250. The van der Waals surface area contributed by atoms with Crippen LogP contribution in [-0.4, -0.2) is 77.4 Å². The van der Waals surface area contributed by atoms with Crippen molar-refractivity contribution in [1.82, 2.24) is 20.9 Å². The lowest BCUT2D eigenvalue weighted by Gasteiger charge is -2.43. The van der Waals surface area contributed by atoms with Crippen molar-refractivity contribution in [2.45, 2.75) is 161 Å². The number of hydrogen-bond acceptors (Lipinski definition) is 6. The smallest absolute Gasteiger partial charge is 0.315 e. The van der Waals surface area contributed by atoms with Crippen LogP contribution in [0.1, 0.15) is 131 Å². The molecule has 5 amide bonds. The Morgan fingerprint density at radius 2 is 1.49 bits per heavy atom. The molecule has 49 heavy (non-hydrogen) atoms. The molecule has 0 aromatic rings. The van der Waals surface area contributed by atoms with E-state index in [4.69, 9.17) is 10.5 Å². The van der Waals surface area contributed by atoms with Crippen LogP contribution in [0.3, 0.4) is 0 Å². The van der Waals surface area contributed by atoms with Crippen LogP contribution in [-0.2, 0) is 23.9 Å². The third-order valence-corrected chi connectivity index (χ3v) is 12.9. The molecule has 0 bridgehead atoms. The molecule has 6 atom stereocenters. The fourth-order valence-electron chi connectivity index (χ4n) is 9.40. The Balaban J connectivity index is 1.37. The minimum atomic E-state index is -1.06. The zero-order valence-electron chi connectivity index (χ0n) is 30.9. The van der Waals surface area contributed by atoms with E-state index < -0.39 is 41.1 Å². The lowest BCUT2D eigenvalue weighted by atomic mass is 9.70. The molecular formula is C38H63N5O6. The zero-order chi connectivity index (χ0) is 35.7. The lowest BCUT2D eigenvalue weighted by molar-refractivity contribution is -0.146. The summed E-state index contributed by atoms with van der Waals surface area (Å²) in [5, 5.41) is 9.26. The number of ketones is 1. The van der Waals surface area contributed by atoms with Crippen LogP contribution in [0.2, 0.25) is 0 Å². The van der Waals surface area contributed by atoms with Crippen molar-refractivity contribution in [3.63, 3.8) is 0 Å². The number of nitrogens with one attached hydrogen (secondary N) is 3. The van der Waals surface area contributed by atoms with Crippen LogP contribution in [0.15, 0.2) is 0 Å². The number of amides is 5. The fourth-order valence-corrected chi connectivity index (χ4v) is 9.40. The van der Waals surface area contributed by atoms with Crippen LogP contribution in [0.25, 0.3) is 0 Å². The van der Waals surface area contributed by atoms with Crippen molar-refractivity contribution in [2.24, 2.45) is 40.2 Å². The number of rotatable bonds is 13. The number of ether oxygens (including phenoxy) is 1. The number of fused-ring (bicyclic) bond motifs is 1. The second-order valence-electron chi connectivity index (χ2n) is 17.9. The Labute approximate surface area is 293 Å². The maximum Gasteiger partial charge on any atom is 0.315 e. The minimum absolute atomic E-state index is 0.0802. The summed E-state index contributed by atoms with van der Waals surface area (Å²) in [6, 6.07) is -3.18. The highest BCUT2D eigenvalue weighted by Gasteiger charge is 2.70. The van der Waals surface area contributed by atoms with E-state index >= 15 is 0 Å². The molecule has 11 nitrogen and oxygen atoms in total. The molecule has 0 aromatic heterocycles. The molecule has 1 heterocycles. The summed E-state index contributed by atoms with van der Waals surface area (Å²) in [7, 11) is 0. The van der Waals surface area contributed by atoms with E-state index in [1.807, 2.05) is 20.8 Å². The van der Waals surface area contributed by atoms with Gasteiger partial charge in [-0.1, -0.05) is 78.6 Å². The molecule has 5 aliphatic rings. The number of Topliss-reactive ketones (excluding diaryl/α,β-unsaturated/α-hetero) is 1. The van der Waals surface area contributed by atoms with Gasteiger partial charge in [0.05, 0.1) is 24.3 Å². The first-order chi connectivity index (χ1) is 23.0. The van der Waals surface area contributed by atoms with Crippen LogP contribution in [0.5, 0.6) is 0 Å². The molecular weight excluding hydrogens is 622 g/mol. The largest absolute Gasteiger partial charge is 0.374 e. The van der Waals surface area contributed by atoms with E-state index in [2.05, 4.69) is 36.7 Å². The molecule has 276 valence electrons. The average molecular weight is 686 g/mol. The molecule has 5 rings (SSSR count). The number of carbonyl (C=O) groups excluding carboxylic acids is 5. The number of urea groups is 1. The first kappa shape index (κ1) is 37.6. The summed E-state index contributed by atoms with van der Waals surface area (Å²) in [5.74, 6) is -1.92. The van der Waals surface area contributed by atoms with Crippen LogP contribution in [0.4, 0.5) is 4.79 Å². The predicted octanol–water partition coefficient (Wildman–Crippen LogP) is 4.60. The summed E-state index contributed by atoms with van der Waals surface area (Å²) in [5.41, 5.74) is 4.43. The molecule has 11 heteroatoms. The summed E-state index contributed by atoms with van der Waals surface area (Å²) >= 11 is 0. The Morgan fingerprint density at radius 3 is 2.06 bits per heavy atom. The highest BCUT2D eigenvalue weighted by atomic mass is 16.5. The monoisotopic (exact) mass is 685 g/mol. The molecule has 0 aromatic carbocycles. The quantitative estimate of drug-likeness (QED) is 0.207. The maximum absolute atomic E-state index is 14.8. The van der Waals surface area contributed by atoms with Crippen LogP contribution >= 0.6 is 0 Å². The van der Waals surface area contributed by atoms with E-state index in [0.29, 0.717) is 25.5 Å². The van der Waals surface area contributed by atoms with Gasteiger partial charge in [0, 0.05) is 6.54 Å². The molecule has 5 N–H and O–H groups in total. The molecule has 4 aliphatic carbocycles. The molecule has 0 radical (unpaired) electrons. The Morgan fingerprint density at radius 1 is 0.857 bits per heavy atom. The zero-order valence-corrected chi connectivity index (χ0v) is 30.9. The topological polar surface area (TPSA) is 160 Å². The van der Waals surface area contributed by atoms with Gasteiger partial charge in [-0.3, -0.25) is 19.2 Å². The van der Waals surface area contributed by atoms with Crippen molar-refractivity contribution >= 4 is 29.5 Å². The standard InChI is InChI=1S/C38H63N5O6/c1-36(2,3)49-22-27(24-16-9-7-10-17-24)41-35(48)42-31(38(6)18-11-8-12-19-38)34(47)43-21-25-28(37(25,4)5)29(43)33(46)40-26(30(44)32(39)45)20-23-14-13-15-23/h23-29,31H,7-22H2,1-6H3,(H2,39,45)(H,40,46)(H2,41,42,48)/t25-,26?,27?,28-,29-,31+/m0/s1. The van der Waals surface area contributed by atoms with Gasteiger partial charge in [-0.15, -0.1) is 0 Å². The van der Waals surface area contributed by atoms with Gasteiger partial charge in [0.15, 0.2) is 0 Å². The SMILES string of the molecule is CC(C)(C)OCC(NC(=O)N[C@H](C(=O)N1C[C@H]2[C@@H]([C@H]1C(=O)NC(CC1CCC1)C(=O)C(N)=O)C2(C)C)C1(C)CCCCC1)C1CCCCC1. The van der Waals surface area contributed by atoms with Crippen molar-refractivity contribution in [3.8, 4) is 0 Å². The van der Waals surface area contributed by atoms with Crippen molar-refractivity contribution in [3.05, 3.63) is 0 Å². The first-order valence-corrected chi connectivity index (χ1v) is 19.2. The molecule has 1 saturated heterocycles. The van der Waals surface area contributed by atoms with Gasteiger partial charge in [-0.2, -0.15) is 0 Å². The second kappa shape index (κ2) is 14.9. The van der Waals surface area contributed by atoms with Crippen molar-refractivity contribution < 1.29 is 28.7 Å². The number of piperidine rings is 1. The number of nitrogens with zero attached hydrogens (tertiary/aromatic N) is 1. The van der Waals surface area contributed by atoms with E-state index in [9.17, 15) is 24.0 Å². The highest BCUT2D eigenvalue weighted by molar-refractivity contribution is 6.37. The number of nitrogens with two attached hydrogens (primary N) is 1. The fraction of sp³-hybridized carbons (Fsp3) is 0.868. The van der Waals surface area contributed by atoms with Crippen LogP contribution in [0, 0.1) is 34.5 Å². The van der Waals surface area contributed by atoms with Gasteiger partial charge in [0.25, 0.3) is 5.91 Å². The van der Waals surface area contributed by atoms with Gasteiger partial charge in [0.2, 0.25) is 17.6 Å². The average Bonchev–Trinajstić information content (AvgIpc) is 3.32. The highest BCUT2D eigenvalue weighted by Crippen LogP contribution is 2.65. The summed E-state index contributed by atoms with van der Waals surface area (Å²) in [4.78, 5) is 69.4. The summed E-state index contributed by atoms with van der Waals surface area (Å²) in [6.07, 6.45) is 13.4. The predicted molar refractivity (Wildman–Crippen MR) is 187 cm³/mol. The summed E-state index contributed by atoms with van der Waals surface area (Å²) in [6.45, 7) is 13.2. The molecule has 0 spiro atoms. The number of hydrogen-bond donors (Lipinski definition) is 4. The normalized spacial score (nSPS) is 28.3. The molecule has 5 fully saturated rings. The van der Waals surface area contributed by atoms with Gasteiger partial charge in [-0.05, 0) is 87.4 Å². The van der Waals surface area contributed by atoms with Gasteiger partial charge >= 0.3 is 6.03 Å². The Kier molecular flexibility index (Phi) is 11.4. The number of carbonyl (C=O) groups is 5. The molecule has 4 saturated carbocycles. The van der Waals surface area contributed by atoms with Crippen molar-refractivity contribution in [2.75, 3.05) is 13.2 Å². The van der Waals surface area contributed by atoms with Crippen LogP contribution < -0.4 is 21.7 Å². The summed E-state index contributed by atoms with van der Waals surface area (Å²) < 4.78 is 6.17. The van der Waals surface area contributed by atoms with E-state index in [1.54, 1.807) is 4.90 Å². The van der Waals surface area contributed by atoms with Gasteiger partial charge in [0.1, 0.15) is 12.1 Å². The van der Waals surface area contributed by atoms with Gasteiger partial charge in [-0.25, -0.2) is 4.79 Å². The molecule has 2 unspecified atom stereocenters. The van der Waals surface area contributed by atoms with E-state index in [1.165, 1.54) is 6.42 Å². The second-order valence-corrected chi connectivity index (χ2v) is 17.9. The third kappa shape index (κ3) is 8.62. The van der Waals surface area contributed by atoms with E-state index in [-0.39, 0.29) is 46.7 Å². The molecule has 1 aliphatic heterocycles. The minimum Gasteiger partial charge on any atom is -0.374 e. The lowest BCUT2D eigenvalue weighted by Crippen LogP contribution is -2.63. The number of primary amides is 1. The third-order valence-electron chi connectivity index (χ3n) is 12.9. The van der Waals surface area contributed by atoms with Crippen molar-refractivity contribution in [1.29, 1.82) is 0 Å². The van der Waals surface area contributed by atoms with Gasteiger partial charge < -0.3 is 31.3 Å². The maximum atomic E-state index is 14.8. The first-order valence-electron chi connectivity index (χ1n) is 19.2.